The van der Waals surface area contributed by atoms with Crippen molar-refractivity contribution in [2.24, 2.45) is 0 Å². The van der Waals surface area contributed by atoms with Crippen LogP contribution in [-0.2, 0) is 10.0 Å². The largest absolute Gasteiger partial charge is 0.241 e. The number of hydrogen-bond donors (Lipinski definition) is 1. The molecule has 0 aliphatic carbocycles. The number of sulfonamides is 1. The SMILES string of the molecule is O=S(=O)(NCC#Cc1ccc(F)cc1)c1ccc(F)c(Cl)c1. The van der Waals surface area contributed by atoms with Gasteiger partial charge in [0.1, 0.15) is 11.6 Å². The highest BCUT2D eigenvalue weighted by atomic mass is 35.5. The highest BCUT2D eigenvalue weighted by Crippen LogP contribution is 2.19. The van der Waals surface area contributed by atoms with Crippen LogP contribution in [0.25, 0.3) is 0 Å². The number of halogens is 3. The lowest BCUT2D eigenvalue weighted by molar-refractivity contribution is 0.585. The van der Waals surface area contributed by atoms with Crippen molar-refractivity contribution in [3.05, 3.63) is 64.7 Å². The Hall–Kier alpha value is -1.94. The van der Waals surface area contributed by atoms with Crippen molar-refractivity contribution < 1.29 is 17.2 Å². The molecule has 0 saturated carbocycles. The van der Waals surface area contributed by atoms with Crippen molar-refractivity contribution in [1.29, 1.82) is 0 Å². The van der Waals surface area contributed by atoms with E-state index in [1.807, 2.05) is 0 Å². The predicted octanol–water partition coefficient (Wildman–Crippen LogP) is 2.95. The zero-order valence-electron chi connectivity index (χ0n) is 11.1. The summed E-state index contributed by atoms with van der Waals surface area (Å²) >= 11 is 5.55. The maximum atomic E-state index is 13.0. The lowest BCUT2D eigenvalue weighted by Gasteiger charge is -2.04. The standard InChI is InChI=1S/C15H10ClF2NO2S/c16-14-10-13(7-8-15(14)18)22(20,21)19-9-1-2-11-3-5-12(17)6-4-11/h3-8,10,19H,9H2. The third-order valence-corrected chi connectivity index (χ3v) is 4.32. The normalized spacial score (nSPS) is 10.9. The molecule has 0 unspecified atom stereocenters. The van der Waals surface area contributed by atoms with Gasteiger partial charge in [-0.25, -0.2) is 17.2 Å². The van der Waals surface area contributed by atoms with E-state index in [4.69, 9.17) is 11.6 Å². The van der Waals surface area contributed by atoms with Gasteiger partial charge >= 0.3 is 0 Å². The third-order valence-electron chi connectivity index (χ3n) is 2.63. The van der Waals surface area contributed by atoms with Gasteiger partial charge in [-0.05, 0) is 42.5 Å². The van der Waals surface area contributed by atoms with Gasteiger partial charge in [-0.15, -0.1) is 0 Å². The molecule has 1 N–H and O–H groups in total. The molecule has 0 heterocycles. The molecule has 0 aromatic heterocycles. The summed E-state index contributed by atoms with van der Waals surface area (Å²) in [5, 5.41) is -0.278. The zero-order chi connectivity index (χ0) is 16.2. The summed E-state index contributed by atoms with van der Waals surface area (Å²) in [6, 6.07) is 8.58. The number of hydrogen-bond acceptors (Lipinski definition) is 2. The fourth-order valence-corrected chi connectivity index (χ4v) is 2.73. The molecular formula is C15H10ClF2NO2S. The molecule has 3 nitrogen and oxygen atoms in total. The van der Waals surface area contributed by atoms with E-state index < -0.39 is 15.8 Å². The molecule has 0 aliphatic heterocycles. The minimum absolute atomic E-state index is 0.144. The van der Waals surface area contributed by atoms with Crippen molar-refractivity contribution in [2.75, 3.05) is 6.54 Å². The van der Waals surface area contributed by atoms with Crippen LogP contribution in [0.1, 0.15) is 5.56 Å². The Bertz CT molecular complexity index is 840. The Morgan fingerprint density at radius 2 is 1.77 bits per heavy atom. The second kappa shape index (κ2) is 6.88. The molecule has 0 spiro atoms. The topological polar surface area (TPSA) is 46.2 Å². The second-order valence-electron chi connectivity index (χ2n) is 4.21. The minimum atomic E-state index is -3.82. The van der Waals surface area contributed by atoms with Crippen LogP contribution in [0.15, 0.2) is 47.4 Å². The van der Waals surface area contributed by atoms with Gasteiger partial charge in [0.25, 0.3) is 0 Å². The molecule has 0 atom stereocenters. The van der Waals surface area contributed by atoms with Crippen LogP contribution in [0.4, 0.5) is 8.78 Å². The molecule has 7 heteroatoms. The Labute approximate surface area is 132 Å². The van der Waals surface area contributed by atoms with Gasteiger partial charge in [0.05, 0.1) is 16.5 Å². The zero-order valence-corrected chi connectivity index (χ0v) is 12.7. The fourth-order valence-electron chi connectivity index (χ4n) is 1.54. The van der Waals surface area contributed by atoms with E-state index in [9.17, 15) is 17.2 Å². The summed E-state index contributed by atoms with van der Waals surface area (Å²) in [7, 11) is -3.82. The van der Waals surface area contributed by atoms with Crippen molar-refractivity contribution in [1.82, 2.24) is 4.72 Å². The van der Waals surface area contributed by atoms with Crippen LogP contribution in [0.2, 0.25) is 5.02 Å². The molecule has 0 aliphatic rings. The van der Waals surface area contributed by atoms with E-state index >= 15 is 0 Å². The van der Waals surface area contributed by atoms with E-state index in [0.717, 1.165) is 18.2 Å². The summed E-state index contributed by atoms with van der Waals surface area (Å²) < 4.78 is 51.8. The van der Waals surface area contributed by atoms with Crippen molar-refractivity contribution in [3.8, 4) is 11.8 Å². The monoisotopic (exact) mass is 341 g/mol. The van der Waals surface area contributed by atoms with Crippen molar-refractivity contribution in [2.45, 2.75) is 4.90 Å². The van der Waals surface area contributed by atoms with E-state index in [-0.39, 0.29) is 22.3 Å². The van der Waals surface area contributed by atoms with Crippen molar-refractivity contribution >= 4 is 21.6 Å². The van der Waals surface area contributed by atoms with Gasteiger partial charge in [0, 0.05) is 5.56 Å². The first-order chi connectivity index (χ1) is 10.4. The van der Waals surface area contributed by atoms with Crippen LogP contribution >= 0.6 is 11.6 Å². The van der Waals surface area contributed by atoms with Gasteiger partial charge in [-0.3, -0.25) is 0 Å². The second-order valence-corrected chi connectivity index (χ2v) is 6.38. The van der Waals surface area contributed by atoms with Gasteiger partial charge in [-0.2, -0.15) is 4.72 Å². The number of benzene rings is 2. The van der Waals surface area contributed by atoms with Gasteiger partial charge in [-0.1, -0.05) is 23.4 Å². The van der Waals surface area contributed by atoms with E-state index in [0.29, 0.717) is 5.56 Å². The lowest BCUT2D eigenvalue weighted by Crippen LogP contribution is -2.24. The molecule has 0 amide bonds. The summed E-state index contributed by atoms with van der Waals surface area (Å²) in [5.74, 6) is 4.22. The summed E-state index contributed by atoms with van der Waals surface area (Å²) in [5.41, 5.74) is 0.561. The van der Waals surface area contributed by atoms with Gasteiger partial charge < -0.3 is 0 Å². The molecule has 2 aromatic rings. The summed E-state index contributed by atoms with van der Waals surface area (Å²) in [6.45, 7) is -0.144. The minimum Gasteiger partial charge on any atom is -0.207 e. The average Bonchev–Trinajstić information content (AvgIpc) is 2.48. The van der Waals surface area contributed by atoms with Crippen LogP contribution in [0.5, 0.6) is 0 Å². The highest BCUT2D eigenvalue weighted by Gasteiger charge is 2.14. The molecule has 0 fully saturated rings. The van der Waals surface area contributed by atoms with E-state index in [2.05, 4.69) is 16.6 Å². The molecule has 2 rings (SSSR count). The highest BCUT2D eigenvalue weighted by molar-refractivity contribution is 7.89. The Kier molecular flexibility index (Phi) is 5.14. The molecule has 0 radical (unpaired) electrons. The maximum absolute atomic E-state index is 13.0. The quantitative estimate of drug-likeness (QED) is 0.872. The van der Waals surface area contributed by atoms with Gasteiger partial charge in [0.15, 0.2) is 0 Å². The van der Waals surface area contributed by atoms with Crippen LogP contribution in [0, 0.1) is 23.5 Å². The average molecular weight is 342 g/mol. The Balaban J connectivity index is 2.04. The third kappa shape index (κ3) is 4.28. The van der Waals surface area contributed by atoms with Gasteiger partial charge in [0.2, 0.25) is 10.0 Å². The number of rotatable bonds is 3. The maximum Gasteiger partial charge on any atom is 0.241 e. The predicted molar refractivity (Wildman–Crippen MR) is 79.9 cm³/mol. The van der Waals surface area contributed by atoms with E-state index in [1.54, 1.807) is 0 Å². The van der Waals surface area contributed by atoms with Crippen LogP contribution in [0.3, 0.4) is 0 Å². The summed E-state index contributed by atoms with van der Waals surface area (Å²) in [4.78, 5) is -0.150. The van der Waals surface area contributed by atoms with Crippen LogP contribution < -0.4 is 4.72 Å². The molecular weight excluding hydrogens is 332 g/mol. The van der Waals surface area contributed by atoms with Crippen LogP contribution in [-0.4, -0.2) is 15.0 Å². The number of nitrogens with one attached hydrogen (secondary N) is 1. The van der Waals surface area contributed by atoms with Crippen molar-refractivity contribution in [3.63, 3.8) is 0 Å². The fraction of sp³-hybridized carbons (Fsp3) is 0.0667. The smallest absolute Gasteiger partial charge is 0.207 e. The first kappa shape index (κ1) is 16.4. The first-order valence-electron chi connectivity index (χ1n) is 6.08. The Morgan fingerprint density at radius 3 is 2.41 bits per heavy atom. The van der Waals surface area contributed by atoms with E-state index in [1.165, 1.54) is 24.3 Å². The lowest BCUT2D eigenvalue weighted by atomic mass is 10.2. The molecule has 0 saturated heterocycles. The molecule has 2 aromatic carbocycles. The molecule has 114 valence electrons. The molecule has 0 bridgehead atoms. The summed E-state index contributed by atoms with van der Waals surface area (Å²) in [6.07, 6.45) is 0. The molecule has 22 heavy (non-hydrogen) atoms. The first-order valence-corrected chi connectivity index (χ1v) is 7.94. The Morgan fingerprint density at radius 1 is 1.09 bits per heavy atom.